The number of hydrogen-bond donors (Lipinski definition) is 0. The van der Waals surface area contributed by atoms with Crippen molar-refractivity contribution < 1.29 is 19.1 Å². The van der Waals surface area contributed by atoms with Crippen molar-refractivity contribution in [1.29, 1.82) is 0 Å². The number of carbonyl (C=O) groups is 2. The summed E-state index contributed by atoms with van der Waals surface area (Å²) in [6.07, 6.45) is 2.91. The fourth-order valence-electron chi connectivity index (χ4n) is 2.32. The normalized spacial score (nSPS) is 12.7. The molecule has 2 aromatic rings. The first-order valence-corrected chi connectivity index (χ1v) is 5.96. The summed E-state index contributed by atoms with van der Waals surface area (Å²) >= 11 is 0. The van der Waals surface area contributed by atoms with Crippen LogP contribution in [0, 0.1) is 0 Å². The molecule has 1 aromatic heterocycles. The number of benzene rings is 1. The first kappa shape index (κ1) is 12.3. The first-order chi connectivity index (χ1) is 9.67. The summed E-state index contributed by atoms with van der Waals surface area (Å²) in [5.74, 6) is 0.395. The molecule has 0 unspecified atom stereocenters. The summed E-state index contributed by atoms with van der Waals surface area (Å²) in [5, 5.41) is 0. The number of nitrogens with zero attached hydrogens (tertiary/aromatic N) is 1. The molecule has 1 aliphatic rings. The van der Waals surface area contributed by atoms with E-state index in [2.05, 4.69) is 4.98 Å². The van der Waals surface area contributed by atoms with Crippen LogP contribution >= 0.6 is 0 Å². The van der Waals surface area contributed by atoms with E-state index in [0.29, 0.717) is 33.8 Å². The molecule has 1 aromatic carbocycles. The molecular weight excluding hydrogens is 258 g/mol. The van der Waals surface area contributed by atoms with Crippen LogP contribution in [0.3, 0.4) is 0 Å². The first-order valence-electron chi connectivity index (χ1n) is 5.96. The quantitative estimate of drug-likeness (QED) is 0.710. The van der Waals surface area contributed by atoms with Gasteiger partial charge in [-0.25, -0.2) is 0 Å². The van der Waals surface area contributed by atoms with E-state index in [1.165, 1.54) is 38.7 Å². The van der Waals surface area contributed by atoms with Gasteiger partial charge in [0.1, 0.15) is 0 Å². The summed E-state index contributed by atoms with van der Waals surface area (Å²) in [6, 6.07) is 4.62. The van der Waals surface area contributed by atoms with Crippen LogP contribution in [0.5, 0.6) is 11.5 Å². The SMILES string of the molecule is COc1cc2c(cc1OC)C(=O)c1cnccc1C2=O. The van der Waals surface area contributed by atoms with Crippen LogP contribution in [0.2, 0.25) is 0 Å². The highest BCUT2D eigenvalue weighted by Crippen LogP contribution is 2.35. The summed E-state index contributed by atoms with van der Waals surface area (Å²) in [7, 11) is 2.96. The van der Waals surface area contributed by atoms with E-state index in [1.54, 1.807) is 6.07 Å². The number of ether oxygens (including phenoxy) is 2. The van der Waals surface area contributed by atoms with Gasteiger partial charge in [0.15, 0.2) is 23.1 Å². The molecule has 0 atom stereocenters. The fraction of sp³-hybridized carbons (Fsp3) is 0.133. The number of hydrogen-bond acceptors (Lipinski definition) is 5. The lowest BCUT2D eigenvalue weighted by atomic mass is 9.85. The second-order valence-corrected chi connectivity index (χ2v) is 4.33. The highest BCUT2D eigenvalue weighted by atomic mass is 16.5. The standard InChI is InChI=1S/C15H11NO4/c1-19-12-5-9-10(6-13(12)20-2)15(18)11-7-16-4-3-8(11)14(9)17/h3-7H,1-2H3. The van der Waals surface area contributed by atoms with Gasteiger partial charge >= 0.3 is 0 Å². The number of fused-ring (bicyclic) bond motifs is 2. The molecule has 0 spiro atoms. The van der Waals surface area contributed by atoms with E-state index in [1.807, 2.05) is 0 Å². The molecule has 0 radical (unpaired) electrons. The van der Waals surface area contributed by atoms with Gasteiger partial charge in [0, 0.05) is 29.1 Å². The van der Waals surface area contributed by atoms with Gasteiger partial charge < -0.3 is 9.47 Å². The number of rotatable bonds is 2. The van der Waals surface area contributed by atoms with Crippen molar-refractivity contribution in [3.05, 3.63) is 52.8 Å². The van der Waals surface area contributed by atoms with E-state index in [-0.39, 0.29) is 11.6 Å². The lowest BCUT2D eigenvalue weighted by molar-refractivity contribution is 0.0978. The number of ketones is 2. The summed E-state index contributed by atoms with van der Waals surface area (Å²) in [6.45, 7) is 0. The highest BCUT2D eigenvalue weighted by molar-refractivity contribution is 6.28. The Morgan fingerprint density at radius 2 is 1.40 bits per heavy atom. The highest BCUT2D eigenvalue weighted by Gasteiger charge is 2.31. The van der Waals surface area contributed by atoms with Crippen molar-refractivity contribution in [1.82, 2.24) is 4.98 Å². The average molecular weight is 269 g/mol. The number of pyridine rings is 1. The Labute approximate surface area is 115 Å². The minimum atomic E-state index is -0.233. The van der Waals surface area contributed by atoms with Crippen molar-refractivity contribution in [2.24, 2.45) is 0 Å². The Hall–Kier alpha value is -2.69. The van der Waals surface area contributed by atoms with Gasteiger partial charge in [-0.05, 0) is 18.2 Å². The Morgan fingerprint density at radius 3 is 1.95 bits per heavy atom. The zero-order valence-corrected chi connectivity index (χ0v) is 11.0. The Morgan fingerprint density at radius 1 is 0.850 bits per heavy atom. The summed E-state index contributed by atoms with van der Waals surface area (Å²) in [4.78, 5) is 28.8. The predicted octanol–water partition coefficient (Wildman–Crippen LogP) is 1.87. The molecule has 0 amide bonds. The van der Waals surface area contributed by atoms with E-state index in [0.717, 1.165) is 0 Å². The largest absolute Gasteiger partial charge is 0.493 e. The van der Waals surface area contributed by atoms with Crippen LogP contribution in [0.1, 0.15) is 31.8 Å². The minimum absolute atomic E-state index is 0.210. The number of aromatic nitrogens is 1. The van der Waals surface area contributed by atoms with Gasteiger partial charge in [0.25, 0.3) is 0 Å². The monoisotopic (exact) mass is 269 g/mol. The Kier molecular flexibility index (Phi) is 2.75. The van der Waals surface area contributed by atoms with Gasteiger partial charge in [0.05, 0.1) is 19.8 Å². The molecule has 1 heterocycles. The molecule has 3 rings (SSSR count). The molecule has 0 bridgehead atoms. The molecule has 20 heavy (non-hydrogen) atoms. The zero-order valence-electron chi connectivity index (χ0n) is 11.0. The second kappa shape index (κ2) is 4.45. The lowest BCUT2D eigenvalue weighted by Crippen LogP contribution is -2.21. The molecule has 1 aliphatic carbocycles. The van der Waals surface area contributed by atoms with Crippen molar-refractivity contribution in [2.75, 3.05) is 14.2 Å². The van der Waals surface area contributed by atoms with Gasteiger partial charge in [0.2, 0.25) is 0 Å². The lowest BCUT2D eigenvalue weighted by Gasteiger charge is -2.19. The minimum Gasteiger partial charge on any atom is -0.493 e. The second-order valence-electron chi connectivity index (χ2n) is 4.33. The fourth-order valence-corrected chi connectivity index (χ4v) is 2.32. The van der Waals surface area contributed by atoms with Gasteiger partial charge in [-0.1, -0.05) is 0 Å². The van der Waals surface area contributed by atoms with E-state index < -0.39 is 0 Å². The smallest absolute Gasteiger partial charge is 0.196 e. The molecule has 5 nitrogen and oxygen atoms in total. The van der Waals surface area contributed by atoms with Crippen molar-refractivity contribution in [3.63, 3.8) is 0 Å². The van der Waals surface area contributed by atoms with Crippen LogP contribution in [-0.2, 0) is 0 Å². The number of methoxy groups -OCH3 is 2. The molecule has 5 heteroatoms. The maximum Gasteiger partial charge on any atom is 0.196 e. The average Bonchev–Trinajstić information content (AvgIpc) is 2.51. The Bertz CT molecular complexity index is 675. The predicted molar refractivity (Wildman–Crippen MR) is 70.6 cm³/mol. The van der Waals surface area contributed by atoms with Crippen molar-refractivity contribution in [3.8, 4) is 11.5 Å². The van der Waals surface area contributed by atoms with Crippen LogP contribution < -0.4 is 9.47 Å². The maximum absolute atomic E-state index is 12.4. The van der Waals surface area contributed by atoms with E-state index in [4.69, 9.17) is 9.47 Å². The molecule has 0 aliphatic heterocycles. The van der Waals surface area contributed by atoms with Crippen molar-refractivity contribution in [2.45, 2.75) is 0 Å². The number of carbonyl (C=O) groups excluding carboxylic acids is 2. The third kappa shape index (κ3) is 1.60. The van der Waals surface area contributed by atoms with E-state index >= 15 is 0 Å². The van der Waals surface area contributed by atoms with Crippen LogP contribution in [0.25, 0.3) is 0 Å². The van der Waals surface area contributed by atoms with Crippen molar-refractivity contribution >= 4 is 11.6 Å². The maximum atomic E-state index is 12.4. The van der Waals surface area contributed by atoms with Gasteiger partial charge in [-0.3, -0.25) is 14.6 Å². The van der Waals surface area contributed by atoms with Gasteiger partial charge in [-0.15, -0.1) is 0 Å². The molecule has 0 N–H and O–H groups in total. The third-order valence-electron chi connectivity index (χ3n) is 3.32. The molecule has 100 valence electrons. The molecule has 0 saturated heterocycles. The van der Waals surface area contributed by atoms with Crippen LogP contribution in [0.15, 0.2) is 30.6 Å². The van der Waals surface area contributed by atoms with Crippen LogP contribution in [0.4, 0.5) is 0 Å². The topological polar surface area (TPSA) is 65.5 Å². The molecule has 0 fully saturated rings. The summed E-state index contributed by atoms with van der Waals surface area (Å²) in [5.41, 5.74) is 1.32. The Balaban J connectivity index is 2.28. The van der Waals surface area contributed by atoms with Gasteiger partial charge in [-0.2, -0.15) is 0 Å². The zero-order chi connectivity index (χ0) is 14.3. The molecule has 0 saturated carbocycles. The third-order valence-corrected chi connectivity index (χ3v) is 3.32. The summed E-state index contributed by atoms with van der Waals surface area (Å²) < 4.78 is 10.3. The van der Waals surface area contributed by atoms with E-state index in [9.17, 15) is 9.59 Å². The van der Waals surface area contributed by atoms with Crippen LogP contribution in [-0.4, -0.2) is 30.8 Å². The molecular formula is C15H11NO4.